The van der Waals surface area contributed by atoms with Gasteiger partial charge in [-0.05, 0) is 56.8 Å². The minimum absolute atomic E-state index is 0.134. The molecule has 1 aliphatic heterocycles. The zero-order valence-corrected chi connectivity index (χ0v) is 11.4. The largest absolute Gasteiger partial charge is 0.356 e. The Morgan fingerprint density at radius 3 is 3.16 bits per heavy atom. The van der Waals surface area contributed by atoms with Crippen LogP contribution in [-0.4, -0.2) is 30.5 Å². The maximum atomic E-state index is 11.7. The Morgan fingerprint density at radius 2 is 2.42 bits per heavy atom. The van der Waals surface area contributed by atoms with Crippen LogP contribution in [0.3, 0.4) is 0 Å². The van der Waals surface area contributed by atoms with Crippen LogP contribution in [0, 0.1) is 5.92 Å². The smallest absolute Gasteiger partial charge is 0.220 e. The third-order valence-corrected chi connectivity index (χ3v) is 3.61. The molecule has 4 nitrogen and oxygen atoms in total. The Hall–Kier alpha value is -1.42. The molecular weight excluding hydrogens is 238 g/mol. The van der Waals surface area contributed by atoms with E-state index in [9.17, 15) is 4.79 Å². The third kappa shape index (κ3) is 5.39. The minimum atomic E-state index is 0.134. The van der Waals surface area contributed by atoms with E-state index in [1.54, 1.807) is 6.20 Å². The fraction of sp³-hybridized carbons (Fsp3) is 0.600. The van der Waals surface area contributed by atoms with E-state index in [1.165, 1.54) is 12.8 Å². The van der Waals surface area contributed by atoms with Gasteiger partial charge in [0.1, 0.15) is 0 Å². The Kier molecular flexibility index (Phi) is 5.82. The molecule has 0 saturated carbocycles. The van der Waals surface area contributed by atoms with Gasteiger partial charge in [0, 0.05) is 24.9 Å². The van der Waals surface area contributed by atoms with Crippen LogP contribution in [-0.2, 0) is 11.2 Å². The highest BCUT2D eigenvalue weighted by Crippen LogP contribution is 2.12. The quantitative estimate of drug-likeness (QED) is 0.816. The molecule has 0 aromatic carbocycles. The lowest BCUT2D eigenvalue weighted by Gasteiger charge is -2.22. The maximum Gasteiger partial charge on any atom is 0.220 e. The second kappa shape index (κ2) is 7.89. The van der Waals surface area contributed by atoms with Crippen molar-refractivity contribution < 1.29 is 4.79 Å². The summed E-state index contributed by atoms with van der Waals surface area (Å²) in [7, 11) is 0. The summed E-state index contributed by atoms with van der Waals surface area (Å²) in [6.45, 7) is 3.05. The van der Waals surface area contributed by atoms with Crippen molar-refractivity contribution in [3.8, 4) is 0 Å². The molecule has 1 unspecified atom stereocenters. The van der Waals surface area contributed by atoms with E-state index in [2.05, 4.69) is 15.6 Å². The summed E-state index contributed by atoms with van der Waals surface area (Å²) in [5, 5.41) is 6.40. The average molecular weight is 261 g/mol. The summed E-state index contributed by atoms with van der Waals surface area (Å²) in [5.74, 6) is 0.860. The minimum Gasteiger partial charge on any atom is -0.356 e. The van der Waals surface area contributed by atoms with Gasteiger partial charge in [-0.1, -0.05) is 6.07 Å². The highest BCUT2D eigenvalue weighted by molar-refractivity contribution is 5.76. The summed E-state index contributed by atoms with van der Waals surface area (Å²) in [6.07, 6.45) is 6.65. The van der Waals surface area contributed by atoms with Gasteiger partial charge in [-0.2, -0.15) is 0 Å². The van der Waals surface area contributed by atoms with Crippen LogP contribution >= 0.6 is 0 Å². The van der Waals surface area contributed by atoms with Crippen LogP contribution in [0.2, 0.25) is 0 Å². The first-order valence-corrected chi connectivity index (χ1v) is 7.22. The molecule has 1 aliphatic rings. The number of nitrogens with zero attached hydrogens (tertiary/aromatic N) is 1. The number of nitrogens with one attached hydrogen (secondary N) is 2. The number of piperidine rings is 1. The lowest BCUT2D eigenvalue weighted by atomic mass is 9.96. The number of carbonyl (C=O) groups is 1. The van der Waals surface area contributed by atoms with Crippen molar-refractivity contribution in [2.75, 3.05) is 19.6 Å². The fourth-order valence-electron chi connectivity index (χ4n) is 2.46. The molecule has 4 heteroatoms. The van der Waals surface area contributed by atoms with E-state index in [-0.39, 0.29) is 5.91 Å². The summed E-state index contributed by atoms with van der Waals surface area (Å²) in [5.41, 5.74) is 0.981. The monoisotopic (exact) mass is 261 g/mol. The Labute approximate surface area is 115 Å². The van der Waals surface area contributed by atoms with Crippen molar-refractivity contribution in [2.45, 2.75) is 32.1 Å². The van der Waals surface area contributed by atoms with Crippen LogP contribution in [0.25, 0.3) is 0 Å². The van der Waals surface area contributed by atoms with E-state index < -0.39 is 0 Å². The second-order valence-corrected chi connectivity index (χ2v) is 5.17. The van der Waals surface area contributed by atoms with E-state index >= 15 is 0 Å². The van der Waals surface area contributed by atoms with Gasteiger partial charge < -0.3 is 10.6 Å². The summed E-state index contributed by atoms with van der Waals surface area (Å²) in [6, 6.07) is 5.80. The standard InChI is InChI=1S/C15H23N3O/c19-15(7-6-14-5-1-2-10-17-14)18-11-8-13-4-3-9-16-12-13/h1-2,5,10,13,16H,3-4,6-9,11-12H2,(H,18,19). The average Bonchev–Trinajstić information content (AvgIpc) is 2.47. The molecule has 2 heterocycles. The first-order valence-electron chi connectivity index (χ1n) is 7.22. The number of aromatic nitrogens is 1. The molecular formula is C15H23N3O. The molecule has 104 valence electrons. The highest BCUT2D eigenvalue weighted by Gasteiger charge is 2.12. The Balaban J connectivity index is 1.57. The van der Waals surface area contributed by atoms with Crippen LogP contribution < -0.4 is 10.6 Å². The first kappa shape index (κ1) is 14.0. The van der Waals surface area contributed by atoms with Crippen molar-refractivity contribution in [1.29, 1.82) is 0 Å². The van der Waals surface area contributed by atoms with Gasteiger partial charge in [0.15, 0.2) is 0 Å². The number of pyridine rings is 1. The van der Waals surface area contributed by atoms with Gasteiger partial charge in [-0.15, -0.1) is 0 Å². The number of hydrogen-bond acceptors (Lipinski definition) is 3. The molecule has 0 radical (unpaired) electrons. The lowest BCUT2D eigenvalue weighted by molar-refractivity contribution is -0.121. The van der Waals surface area contributed by atoms with Gasteiger partial charge in [0.25, 0.3) is 0 Å². The van der Waals surface area contributed by atoms with Crippen molar-refractivity contribution in [1.82, 2.24) is 15.6 Å². The zero-order valence-electron chi connectivity index (χ0n) is 11.4. The van der Waals surface area contributed by atoms with Crippen molar-refractivity contribution >= 4 is 5.91 Å². The topological polar surface area (TPSA) is 54.0 Å². The molecule has 2 N–H and O–H groups in total. The second-order valence-electron chi connectivity index (χ2n) is 5.17. The van der Waals surface area contributed by atoms with Crippen molar-refractivity contribution in [2.24, 2.45) is 5.92 Å². The molecule has 1 aromatic rings. The van der Waals surface area contributed by atoms with Crippen LogP contribution in [0.15, 0.2) is 24.4 Å². The SMILES string of the molecule is O=C(CCc1ccccn1)NCCC1CCCNC1. The van der Waals surface area contributed by atoms with E-state index in [0.717, 1.165) is 44.1 Å². The number of aryl methyl sites for hydroxylation is 1. The van der Waals surface area contributed by atoms with E-state index in [4.69, 9.17) is 0 Å². The molecule has 2 rings (SSSR count). The predicted octanol–water partition coefficient (Wildman–Crippen LogP) is 1.52. The number of amides is 1. The van der Waals surface area contributed by atoms with E-state index in [1.807, 2.05) is 18.2 Å². The Bertz CT molecular complexity index is 374. The Morgan fingerprint density at radius 1 is 1.47 bits per heavy atom. The van der Waals surface area contributed by atoms with Gasteiger partial charge >= 0.3 is 0 Å². The maximum absolute atomic E-state index is 11.7. The van der Waals surface area contributed by atoms with Gasteiger partial charge in [0.05, 0.1) is 0 Å². The van der Waals surface area contributed by atoms with Gasteiger partial charge in [0.2, 0.25) is 5.91 Å². The number of hydrogen-bond donors (Lipinski definition) is 2. The van der Waals surface area contributed by atoms with E-state index in [0.29, 0.717) is 6.42 Å². The summed E-state index contributed by atoms with van der Waals surface area (Å²) < 4.78 is 0. The van der Waals surface area contributed by atoms with Crippen molar-refractivity contribution in [3.63, 3.8) is 0 Å². The van der Waals surface area contributed by atoms with Crippen molar-refractivity contribution in [3.05, 3.63) is 30.1 Å². The normalized spacial score (nSPS) is 19.1. The molecule has 1 saturated heterocycles. The number of rotatable bonds is 6. The molecule has 1 fully saturated rings. The van der Waals surface area contributed by atoms with Gasteiger partial charge in [-0.25, -0.2) is 0 Å². The first-order chi connectivity index (χ1) is 9.34. The highest BCUT2D eigenvalue weighted by atomic mass is 16.1. The number of carbonyl (C=O) groups excluding carboxylic acids is 1. The molecule has 1 atom stereocenters. The van der Waals surface area contributed by atoms with Crippen LogP contribution in [0.1, 0.15) is 31.4 Å². The van der Waals surface area contributed by atoms with Crippen LogP contribution in [0.5, 0.6) is 0 Å². The molecule has 19 heavy (non-hydrogen) atoms. The lowest BCUT2D eigenvalue weighted by Crippen LogP contribution is -2.33. The molecule has 0 bridgehead atoms. The van der Waals surface area contributed by atoms with Gasteiger partial charge in [-0.3, -0.25) is 9.78 Å². The predicted molar refractivity (Wildman–Crippen MR) is 75.8 cm³/mol. The molecule has 1 aromatic heterocycles. The summed E-state index contributed by atoms with van der Waals surface area (Å²) in [4.78, 5) is 15.9. The fourth-order valence-corrected chi connectivity index (χ4v) is 2.46. The zero-order chi connectivity index (χ0) is 13.3. The summed E-state index contributed by atoms with van der Waals surface area (Å²) >= 11 is 0. The van der Waals surface area contributed by atoms with Crippen LogP contribution in [0.4, 0.5) is 0 Å². The molecule has 1 amide bonds. The molecule has 0 aliphatic carbocycles. The third-order valence-electron chi connectivity index (χ3n) is 3.61. The molecule has 0 spiro atoms.